The van der Waals surface area contributed by atoms with Crippen molar-refractivity contribution in [2.24, 2.45) is 0 Å². The Morgan fingerprint density at radius 2 is 1.08 bits per heavy atom. The third-order valence-electron chi connectivity index (χ3n) is 1.62. The Hall–Kier alpha value is 1.16. The molecule has 0 aromatic heterocycles. The van der Waals surface area contributed by atoms with Gasteiger partial charge >= 0.3 is 0 Å². The van der Waals surface area contributed by atoms with Gasteiger partial charge in [-0.1, -0.05) is 12.8 Å². The number of hydrogen-bond acceptors (Lipinski definition) is 0. The maximum Gasteiger partial charge on any atom is 0.0471 e. The van der Waals surface area contributed by atoms with Crippen molar-refractivity contribution < 1.29 is 0 Å². The van der Waals surface area contributed by atoms with Crippen LogP contribution in [0.25, 0.3) is 0 Å². The minimum atomic E-state index is 0.108. The average Bonchev–Trinajstić information content (AvgIpc) is 2.11. The van der Waals surface area contributed by atoms with E-state index in [-0.39, 0.29) is 10.8 Å². The largest absolute Gasteiger partial charge is 0.125 e. The molecule has 0 aliphatic carbocycles. The van der Waals surface area contributed by atoms with Crippen molar-refractivity contribution in [3.63, 3.8) is 0 Å². The second-order valence-corrected chi connectivity index (χ2v) is 4.64. The summed E-state index contributed by atoms with van der Waals surface area (Å²) in [7, 11) is 0. The zero-order valence-corrected chi connectivity index (χ0v) is 9.93. The Balaban J connectivity index is 3.10. The van der Waals surface area contributed by atoms with Gasteiger partial charge in [0.15, 0.2) is 0 Å². The average molecular weight is 252 g/mol. The quantitative estimate of drug-likeness (QED) is 0.469. The first-order valence-corrected chi connectivity index (χ1v) is 6.05. The molecule has 74 valence electrons. The second-order valence-electron chi connectivity index (χ2n) is 2.79. The van der Waals surface area contributed by atoms with E-state index in [1.807, 2.05) is 0 Å². The molecule has 0 aliphatic rings. The Kier molecular flexibility index (Phi) is 9.59. The van der Waals surface area contributed by atoms with Crippen LogP contribution in [0.5, 0.6) is 0 Å². The van der Waals surface area contributed by atoms with Crippen molar-refractivity contribution in [2.75, 3.05) is 11.8 Å². The van der Waals surface area contributed by atoms with Crippen LogP contribution in [0.4, 0.5) is 0 Å². The van der Waals surface area contributed by atoms with E-state index in [1.165, 1.54) is 0 Å². The Morgan fingerprint density at radius 3 is 1.33 bits per heavy atom. The second kappa shape index (κ2) is 8.74. The number of unbranched alkanes of at least 4 members (excludes halogenated alkanes) is 1. The number of halogens is 4. The van der Waals surface area contributed by atoms with Crippen molar-refractivity contribution in [3.8, 4) is 0 Å². The minimum Gasteiger partial charge on any atom is -0.125 e. The van der Waals surface area contributed by atoms with Gasteiger partial charge in [0.05, 0.1) is 0 Å². The molecule has 4 heteroatoms. The molecule has 0 amide bonds. The molecule has 0 aliphatic heterocycles. The van der Waals surface area contributed by atoms with Crippen LogP contribution in [0, 0.1) is 0 Å². The van der Waals surface area contributed by atoms with Crippen LogP contribution in [0.2, 0.25) is 0 Å². The zero-order chi connectivity index (χ0) is 9.40. The highest BCUT2D eigenvalue weighted by atomic mass is 35.5. The Morgan fingerprint density at radius 1 is 0.750 bits per heavy atom. The van der Waals surface area contributed by atoms with Crippen LogP contribution < -0.4 is 0 Å². The van der Waals surface area contributed by atoms with Gasteiger partial charge in [-0.3, -0.25) is 0 Å². The van der Waals surface area contributed by atoms with Gasteiger partial charge in [-0.05, 0) is 12.8 Å². The fourth-order valence-electron chi connectivity index (χ4n) is 0.886. The molecule has 0 bridgehead atoms. The van der Waals surface area contributed by atoms with Gasteiger partial charge in [-0.25, -0.2) is 0 Å². The summed E-state index contributed by atoms with van der Waals surface area (Å²) in [6, 6.07) is 0. The molecular formula is C8H14Cl4. The molecule has 0 unspecified atom stereocenters. The fraction of sp³-hybridized carbons (Fsp3) is 1.00. The summed E-state index contributed by atoms with van der Waals surface area (Å²) in [4.78, 5) is 0. The van der Waals surface area contributed by atoms with Gasteiger partial charge in [0, 0.05) is 22.5 Å². The predicted molar refractivity (Wildman–Crippen MR) is 59.2 cm³/mol. The van der Waals surface area contributed by atoms with Crippen LogP contribution >= 0.6 is 46.4 Å². The molecule has 0 aromatic rings. The molecule has 0 radical (unpaired) electrons. The van der Waals surface area contributed by atoms with Crippen molar-refractivity contribution in [2.45, 2.75) is 36.4 Å². The van der Waals surface area contributed by atoms with Crippen LogP contribution in [-0.2, 0) is 0 Å². The lowest BCUT2D eigenvalue weighted by atomic mass is 10.1. The topological polar surface area (TPSA) is 0 Å². The Labute approximate surface area is 94.5 Å². The molecule has 0 heterocycles. The molecule has 0 fully saturated rings. The molecule has 0 rings (SSSR count). The zero-order valence-electron chi connectivity index (χ0n) is 6.91. The van der Waals surface area contributed by atoms with Crippen LogP contribution in [0.15, 0.2) is 0 Å². The number of hydrogen-bond donors (Lipinski definition) is 0. The van der Waals surface area contributed by atoms with Crippen LogP contribution in [0.1, 0.15) is 25.7 Å². The van der Waals surface area contributed by atoms with E-state index in [9.17, 15) is 0 Å². The summed E-state index contributed by atoms with van der Waals surface area (Å²) in [5.74, 6) is 1.06. The van der Waals surface area contributed by atoms with Gasteiger partial charge in [0.25, 0.3) is 0 Å². The number of rotatable bonds is 7. The van der Waals surface area contributed by atoms with Crippen molar-refractivity contribution in [1.29, 1.82) is 0 Å². The summed E-state index contributed by atoms with van der Waals surface area (Å²) >= 11 is 22.7. The lowest BCUT2D eigenvalue weighted by Gasteiger charge is -2.06. The maximum atomic E-state index is 5.82. The number of alkyl halides is 4. The van der Waals surface area contributed by atoms with Crippen LogP contribution in [0.3, 0.4) is 0 Å². The molecule has 0 aromatic carbocycles. The molecule has 2 atom stereocenters. The van der Waals surface area contributed by atoms with E-state index >= 15 is 0 Å². The molecule has 12 heavy (non-hydrogen) atoms. The summed E-state index contributed by atoms with van der Waals surface area (Å²) in [6.45, 7) is 0. The summed E-state index contributed by atoms with van der Waals surface area (Å²) in [5, 5.41) is 0.216. The molecule has 0 spiro atoms. The SMILES string of the molecule is ClC[C@@H](Cl)CCCC[C@@H](Cl)CCl. The molecule has 0 saturated carbocycles. The first-order chi connectivity index (χ1) is 5.70. The van der Waals surface area contributed by atoms with Crippen molar-refractivity contribution in [1.82, 2.24) is 0 Å². The van der Waals surface area contributed by atoms with Crippen LogP contribution in [-0.4, -0.2) is 22.5 Å². The highest BCUT2D eigenvalue weighted by Crippen LogP contribution is 2.14. The monoisotopic (exact) mass is 250 g/mol. The highest BCUT2D eigenvalue weighted by molar-refractivity contribution is 6.28. The maximum absolute atomic E-state index is 5.82. The summed E-state index contributed by atoms with van der Waals surface area (Å²) in [5.41, 5.74) is 0. The smallest absolute Gasteiger partial charge is 0.0471 e. The normalized spacial score (nSPS) is 16.0. The fourth-order valence-corrected chi connectivity index (χ4v) is 1.50. The van der Waals surface area contributed by atoms with E-state index in [4.69, 9.17) is 46.4 Å². The van der Waals surface area contributed by atoms with Gasteiger partial charge < -0.3 is 0 Å². The van der Waals surface area contributed by atoms with E-state index in [2.05, 4.69) is 0 Å². The first kappa shape index (κ1) is 13.2. The summed E-state index contributed by atoms with van der Waals surface area (Å²) < 4.78 is 0. The lowest BCUT2D eigenvalue weighted by molar-refractivity contribution is 0.634. The van der Waals surface area contributed by atoms with Gasteiger partial charge in [0.2, 0.25) is 0 Å². The third kappa shape index (κ3) is 7.79. The van der Waals surface area contributed by atoms with E-state index < -0.39 is 0 Å². The first-order valence-electron chi connectivity index (χ1n) is 4.10. The lowest BCUT2D eigenvalue weighted by Crippen LogP contribution is -2.02. The van der Waals surface area contributed by atoms with E-state index in [0.29, 0.717) is 11.8 Å². The molecule has 0 nitrogen and oxygen atoms in total. The standard InChI is InChI=1S/C8H14Cl4/c9-5-7(11)3-1-2-4-8(12)6-10/h7-8H,1-6H2/t7-,8+. The van der Waals surface area contributed by atoms with E-state index in [1.54, 1.807) is 0 Å². The van der Waals surface area contributed by atoms with Gasteiger partial charge in [-0.15, -0.1) is 46.4 Å². The molecule has 0 N–H and O–H groups in total. The van der Waals surface area contributed by atoms with Gasteiger partial charge in [0.1, 0.15) is 0 Å². The van der Waals surface area contributed by atoms with E-state index in [0.717, 1.165) is 25.7 Å². The molecular weight excluding hydrogens is 238 g/mol. The minimum absolute atomic E-state index is 0.108. The highest BCUT2D eigenvalue weighted by Gasteiger charge is 2.04. The third-order valence-corrected chi connectivity index (χ3v) is 3.43. The van der Waals surface area contributed by atoms with Gasteiger partial charge in [-0.2, -0.15) is 0 Å². The summed E-state index contributed by atoms with van der Waals surface area (Å²) in [6.07, 6.45) is 4.11. The molecule has 0 saturated heterocycles. The Bertz CT molecular complexity index is 85.1. The van der Waals surface area contributed by atoms with Crippen molar-refractivity contribution >= 4 is 46.4 Å². The van der Waals surface area contributed by atoms with Crippen molar-refractivity contribution in [3.05, 3.63) is 0 Å². The predicted octanol–water partition coefficient (Wildman–Crippen LogP) is 4.24.